The maximum atomic E-state index is 12.4. The van der Waals surface area contributed by atoms with Crippen molar-refractivity contribution in [1.82, 2.24) is 9.71 Å². The molecule has 8 heteroatoms. The lowest BCUT2D eigenvalue weighted by Crippen LogP contribution is -2.10. The van der Waals surface area contributed by atoms with Crippen LogP contribution in [0.1, 0.15) is 23.6 Å². The molecule has 1 heterocycles. The molecular weight excluding hydrogens is 420 g/mol. The highest BCUT2D eigenvalue weighted by Crippen LogP contribution is 2.29. The number of aryl methyl sites for hydroxylation is 2. The number of carbonyl (C=O) groups excluding carboxylic acids is 1. The van der Waals surface area contributed by atoms with E-state index in [1.54, 1.807) is 18.2 Å². The molecule has 8 nitrogen and oxygen atoms in total. The summed E-state index contributed by atoms with van der Waals surface area (Å²) in [4.78, 5) is 27.4. The van der Waals surface area contributed by atoms with Crippen molar-refractivity contribution in [2.45, 2.75) is 20.3 Å². The van der Waals surface area contributed by atoms with Gasteiger partial charge in [0.1, 0.15) is 5.52 Å². The third-order valence-corrected chi connectivity index (χ3v) is 5.33. The molecular formula is C25H22N4O4. The van der Waals surface area contributed by atoms with Crippen LogP contribution in [0, 0.1) is 17.0 Å². The Morgan fingerprint density at radius 2 is 1.91 bits per heavy atom. The van der Waals surface area contributed by atoms with Crippen LogP contribution in [0.15, 0.2) is 66.7 Å². The zero-order valence-electron chi connectivity index (χ0n) is 18.1. The van der Waals surface area contributed by atoms with Gasteiger partial charge in [-0.05, 0) is 54.8 Å². The summed E-state index contributed by atoms with van der Waals surface area (Å²) in [5.41, 5.74) is 4.80. The molecule has 1 amide bonds. The standard InChI is InChI=1S/C25H22N4O4/c1-3-18-14-19(25-27-22-12-10-20(29(32)33)15-23(22)28(25)31)9-11-21(18)26-24(30)13-8-17-6-4-16(2)5-7-17/h4-15,31H,3H2,1-2H3,(H,26,30). The van der Waals surface area contributed by atoms with Crippen LogP contribution >= 0.6 is 0 Å². The minimum atomic E-state index is -0.522. The average molecular weight is 442 g/mol. The van der Waals surface area contributed by atoms with Crippen LogP contribution < -0.4 is 5.32 Å². The van der Waals surface area contributed by atoms with Crippen LogP contribution in [0.5, 0.6) is 0 Å². The van der Waals surface area contributed by atoms with Gasteiger partial charge in [0.2, 0.25) is 5.91 Å². The van der Waals surface area contributed by atoms with Gasteiger partial charge in [0.05, 0.1) is 10.4 Å². The van der Waals surface area contributed by atoms with Crippen molar-refractivity contribution in [2.75, 3.05) is 5.32 Å². The summed E-state index contributed by atoms with van der Waals surface area (Å²) in [5.74, 6) is 0.0112. The Bertz CT molecular complexity index is 1390. The van der Waals surface area contributed by atoms with Crippen molar-refractivity contribution < 1.29 is 14.9 Å². The molecule has 0 spiro atoms. The van der Waals surface area contributed by atoms with Gasteiger partial charge in [-0.25, -0.2) is 4.98 Å². The van der Waals surface area contributed by atoms with Crippen molar-refractivity contribution in [1.29, 1.82) is 0 Å². The highest BCUT2D eigenvalue weighted by molar-refractivity contribution is 6.02. The van der Waals surface area contributed by atoms with Crippen molar-refractivity contribution in [3.63, 3.8) is 0 Å². The summed E-state index contributed by atoms with van der Waals surface area (Å²) in [6.07, 6.45) is 3.88. The van der Waals surface area contributed by atoms with Crippen LogP contribution in [0.2, 0.25) is 0 Å². The average Bonchev–Trinajstić information content (AvgIpc) is 3.14. The molecule has 0 aliphatic heterocycles. The number of anilines is 1. The number of nitrogens with zero attached hydrogens (tertiary/aromatic N) is 3. The van der Waals surface area contributed by atoms with E-state index in [2.05, 4.69) is 10.3 Å². The quantitative estimate of drug-likeness (QED) is 0.180. The van der Waals surface area contributed by atoms with Crippen LogP contribution in [-0.2, 0) is 11.2 Å². The minimum Gasteiger partial charge on any atom is -0.426 e. The Labute approximate surface area is 189 Å². The number of aromatic nitrogens is 2. The van der Waals surface area contributed by atoms with E-state index in [1.807, 2.05) is 44.2 Å². The topological polar surface area (TPSA) is 110 Å². The summed E-state index contributed by atoms with van der Waals surface area (Å²) >= 11 is 0. The number of carbonyl (C=O) groups is 1. The maximum Gasteiger partial charge on any atom is 0.271 e. The van der Waals surface area contributed by atoms with Crippen LogP contribution in [0.4, 0.5) is 11.4 Å². The number of hydrogen-bond donors (Lipinski definition) is 2. The monoisotopic (exact) mass is 442 g/mol. The summed E-state index contributed by atoms with van der Waals surface area (Å²) in [6, 6.07) is 17.3. The maximum absolute atomic E-state index is 12.4. The third kappa shape index (κ3) is 4.59. The molecule has 0 saturated heterocycles. The number of fused-ring (bicyclic) bond motifs is 1. The number of rotatable bonds is 6. The highest BCUT2D eigenvalue weighted by Gasteiger charge is 2.17. The van der Waals surface area contributed by atoms with Gasteiger partial charge < -0.3 is 10.5 Å². The molecule has 0 fully saturated rings. The van der Waals surface area contributed by atoms with Crippen molar-refractivity contribution in [2.24, 2.45) is 0 Å². The zero-order valence-corrected chi connectivity index (χ0v) is 18.1. The lowest BCUT2D eigenvalue weighted by atomic mass is 10.1. The Kier molecular flexibility index (Phi) is 5.91. The number of hydrogen-bond acceptors (Lipinski definition) is 5. The molecule has 0 bridgehead atoms. The van der Waals surface area contributed by atoms with Crippen LogP contribution in [-0.4, -0.2) is 25.8 Å². The second-order valence-corrected chi connectivity index (χ2v) is 7.64. The molecule has 0 radical (unpaired) electrons. The van der Waals surface area contributed by atoms with Gasteiger partial charge in [-0.15, -0.1) is 0 Å². The predicted octanol–water partition coefficient (Wildman–Crippen LogP) is 5.37. The number of benzene rings is 3. The van der Waals surface area contributed by atoms with Gasteiger partial charge in [0, 0.05) is 29.5 Å². The smallest absolute Gasteiger partial charge is 0.271 e. The molecule has 3 aromatic carbocycles. The number of nitrogens with one attached hydrogen (secondary N) is 1. The summed E-state index contributed by atoms with van der Waals surface area (Å²) in [7, 11) is 0. The van der Waals surface area contributed by atoms with Gasteiger partial charge >= 0.3 is 0 Å². The van der Waals surface area contributed by atoms with Crippen LogP contribution in [0.3, 0.4) is 0 Å². The van der Waals surface area contributed by atoms with E-state index in [0.717, 1.165) is 21.4 Å². The summed E-state index contributed by atoms with van der Waals surface area (Å²) in [5, 5.41) is 24.5. The van der Waals surface area contributed by atoms with Gasteiger partial charge in [-0.1, -0.05) is 36.8 Å². The lowest BCUT2D eigenvalue weighted by Gasteiger charge is -2.11. The van der Waals surface area contributed by atoms with Crippen molar-refractivity contribution in [3.05, 3.63) is 93.5 Å². The number of non-ortho nitro benzene ring substituents is 1. The normalized spacial score (nSPS) is 11.2. The molecule has 0 saturated carbocycles. The first kappa shape index (κ1) is 21.8. The van der Waals surface area contributed by atoms with Crippen molar-refractivity contribution in [3.8, 4) is 11.4 Å². The zero-order chi connectivity index (χ0) is 23.5. The molecule has 33 heavy (non-hydrogen) atoms. The SMILES string of the molecule is CCc1cc(-c2nc3ccc([N+](=O)[O-])cc3n2O)ccc1NC(=O)C=Cc1ccc(C)cc1. The second-order valence-electron chi connectivity index (χ2n) is 7.64. The first-order chi connectivity index (χ1) is 15.9. The number of nitro groups is 1. The van der Waals surface area contributed by atoms with E-state index in [-0.39, 0.29) is 22.9 Å². The molecule has 0 unspecified atom stereocenters. The fraction of sp³-hybridized carbons (Fsp3) is 0.120. The largest absolute Gasteiger partial charge is 0.426 e. The van der Waals surface area contributed by atoms with E-state index >= 15 is 0 Å². The van der Waals surface area contributed by atoms with Crippen LogP contribution in [0.25, 0.3) is 28.5 Å². The first-order valence-electron chi connectivity index (χ1n) is 10.4. The van der Waals surface area contributed by atoms with Gasteiger partial charge in [0.25, 0.3) is 5.69 Å². The van der Waals surface area contributed by atoms with E-state index in [4.69, 9.17) is 0 Å². The van der Waals surface area contributed by atoms with Gasteiger partial charge in [0.15, 0.2) is 5.82 Å². The van der Waals surface area contributed by atoms with Gasteiger partial charge in [-0.2, -0.15) is 4.73 Å². The molecule has 4 rings (SSSR count). The molecule has 0 atom stereocenters. The second kappa shape index (κ2) is 8.96. The van der Waals surface area contributed by atoms with E-state index in [0.29, 0.717) is 23.2 Å². The Morgan fingerprint density at radius 3 is 2.61 bits per heavy atom. The Morgan fingerprint density at radius 1 is 1.15 bits per heavy atom. The third-order valence-electron chi connectivity index (χ3n) is 5.33. The first-order valence-corrected chi connectivity index (χ1v) is 10.4. The van der Waals surface area contributed by atoms with Crippen molar-refractivity contribution >= 4 is 34.4 Å². The molecule has 4 aromatic rings. The predicted molar refractivity (Wildman–Crippen MR) is 127 cm³/mol. The van der Waals surface area contributed by atoms with Gasteiger partial charge in [-0.3, -0.25) is 14.9 Å². The van der Waals surface area contributed by atoms with E-state index in [9.17, 15) is 20.1 Å². The summed E-state index contributed by atoms with van der Waals surface area (Å²) in [6.45, 7) is 3.97. The van der Waals surface area contributed by atoms with E-state index < -0.39 is 4.92 Å². The molecule has 166 valence electrons. The Balaban J connectivity index is 1.59. The number of nitro benzene ring substituents is 1. The fourth-order valence-corrected chi connectivity index (χ4v) is 3.52. The molecule has 2 N–H and O–H groups in total. The molecule has 0 aliphatic carbocycles. The lowest BCUT2D eigenvalue weighted by molar-refractivity contribution is -0.384. The Hall–Kier alpha value is -4.46. The number of amides is 1. The minimum absolute atomic E-state index is 0.129. The molecule has 0 aliphatic rings. The fourth-order valence-electron chi connectivity index (χ4n) is 3.52. The van der Waals surface area contributed by atoms with E-state index in [1.165, 1.54) is 24.3 Å². The summed E-state index contributed by atoms with van der Waals surface area (Å²) < 4.78 is 0.847. The highest BCUT2D eigenvalue weighted by atomic mass is 16.6. The number of imidazole rings is 1. The molecule has 1 aromatic heterocycles.